The molecule has 7 heteroatoms. The number of anilines is 1. The number of carbonyl (C=O) groups excluding carboxylic acids is 2. The number of nitrogens with one attached hydrogen (secondary N) is 3. The molecule has 3 N–H and O–H groups in total. The maximum Gasteiger partial charge on any atom is 0.321 e. The number of nitrogens with zero attached hydrogens (tertiary/aromatic N) is 1. The fourth-order valence-electron chi connectivity index (χ4n) is 3.46. The SMILES string of the molecule is CNC(=O)NC(=O)[C@@H](c1ccccc1)[NH+]1CCN(c2ccc(F)cc2)CC1. The summed E-state index contributed by atoms with van der Waals surface area (Å²) in [4.78, 5) is 27.6. The molecule has 0 aliphatic carbocycles. The monoisotopic (exact) mass is 371 g/mol. The van der Waals surface area contributed by atoms with E-state index >= 15 is 0 Å². The number of hydrogen-bond acceptors (Lipinski definition) is 3. The van der Waals surface area contributed by atoms with Crippen LogP contribution in [0.25, 0.3) is 0 Å². The van der Waals surface area contributed by atoms with Crippen LogP contribution in [0.2, 0.25) is 0 Å². The van der Waals surface area contributed by atoms with Crippen molar-refractivity contribution in [3.63, 3.8) is 0 Å². The predicted molar refractivity (Wildman–Crippen MR) is 101 cm³/mol. The van der Waals surface area contributed by atoms with Gasteiger partial charge in [0.15, 0.2) is 6.04 Å². The van der Waals surface area contributed by atoms with Crippen LogP contribution in [0.1, 0.15) is 11.6 Å². The van der Waals surface area contributed by atoms with Crippen molar-refractivity contribution in [1.29, 1.82) is 0 Å². The minimum Gasteiger partial charge on any atom is -0.360 e. The Kier molecular flexibility index (Phi) is 6.03. The topological polar surface area (TPSA) is 65.9 Å². The molecule has 27 heavy (non-hydrogen) atoms. The summed E-state index contributed by atoms with van der Waals surface area (Å²) >= 11 is 0. The molecule has 1 aliphatic rings. The third-order valence-electron chi connectivity index (χ3n) is 4.86. The fraction of sp³-hybridized carbons (Fsp3) is 0.300. The van der Waals surface area contributed by atoms with Gasteiger partial charge in [0, 0.05) is 18.3 Å². The molecule has 0 unspecified atom stereocenters. The van der Waals surface area contributed by atoms with Crippen LogP contribution >= 0.6 is 0 Å². The Morgan fingerprint density at radius 1 is 1.04 bits per heavy atom. The normalized spacial score (nSPS) is 15.9. The maximum absolute atomic E-state index is 13.1. The van der Waals surface area contributed by atoms with Gasteiger partial charge in [0.25, 0.3) is 5.91 Å². The second-order valence-corrected chi connectivity index (χ2v) is 6.53. The molecule has 1 saturated heterocycles. The first-order chi connectivity index (χ1) is 13.1. The summed E-state index contributed by atoms with van der Waals surface area (Å²) in [6.07, 6.45) is 0. The first-order valence-electron chi connectivity index (χ1n) is 9.01. The summed E-state index contributed by atoms with van der Waals surface area (Å²) < 4.78 is 13.1. The van der Waals surface area contributed by atoms with Gasteiger partial charge in [0.05, 0.1) is 26.2 Å². The van der Waals surface area contributed by atoms with Crippen LogP contribution in [0, 0.1) is 5.82 Å². The highest BCUT2D eigenvalue weighted by atomic mass is 19.1. The number of imide groups is 1. The Labute approximate surface area is 158 Å². The number of amides is 3. The van der Waals surface area contributed by atoms with Crippen LogP contribution in [0.3, 0.4) is 0 Å². The largest absolute Gasteiger partial charge is 0.360 e. The van der Waals surface area contributed by atoms with Gasteiger partial charge in [-0.2, -0.15) is 0 Å². The molecule has 1 aliphatic heterocycles. The van der Waals surface area contributed by atoms with Gasteiger partial charge >= 0.3 is 6.03 Å². The zero-order valence-corrected chi connectivity index (χ0v) is 15.2. The van der Waals surface area contributed by atoms with Crippen molar-refractivity contribution in [1.82, 2.24) is 10.6 Å². The molecule has 0 aromatic heterocycles. The van der Waals surface area contributed by atoms with Crippen molar-refractivity contribution < 1.29 is 18.9 Å². The molecule has 1 atom stereocenters. The molecule has 3 amide bonds. The van der Waals surface area contributed by atoms with E-state index in [0.29, 0.717) is 0 Å². The molecule has 0 saturated carbocycles. The van der Waals surface area contributed by atoms with Gasteiger partial charge in [-0.25, -0.2) is 9.18 Å². The summed E-state index contributed by atoms with van der Waals surface area (Å²) in [6.45, 7) is 2.96. The summed E-state index contributed by atoms with van der Waals surface area (Å²) in [5.41, 5.74) is 1.85. The van der Waals surface area contributed by atoms with Crippen LogP contribution in [-0.4, -0.2) is 45.2 Å². The van der Waals surface area contributed by atoms with Gasteiger partial charge in [-0.1, -0.05) is 30.3 Å². The Hall–Kier alpha value is -2.93. The Morgan fingerprint density at radius 2 is 1.67 bits per heavy atom. The highest BCUT2D eigenvalue weighted by Crippen LogP contribution is 2.16. The van der Waals surface area contributed by atoms with E-state index in [2.05, 4.69) is 15.5 Å². The fourth-order valence-corrected chi connectivity index (χ4v) is 3.46. The standard InChI is InChI=1S/C20H23FN4O2/c1-22-20(27)23-19(26)18(15-5-3-2-4-6-15)25-13-11-24(12-14-25)17-9-7-16(21)8-10-17/h2-10,18H,11-14H2,1H3,(H2,22,23,26,27)/p+1/t18-/m1/s1. The molecular formula is C20H24FN4O2+. The lowest BCUT2D eigenvalue weighted by Crippen LogP contribution is -3.16. The number of piperazine rings is 1. The second-order valence-electron chi connectivity index (χ2n) is 6.53. The highest BCUT2D eigenvalue weighted by Gasteiger charge is 2.34. The van der Waals surface area contributed by atoms with Crippen LogP contribution in [0.15, 0.2) is 54.6 Å². The smallest absolute Gasteiger partial charge is 0.321 e. The van der Waals surface area contributed by atoms with Gasteiger partial charge in [-0.3, -0.25) is 10.1 Å². The molecule has 0 spiro atoms. The molecule has 0 bridgehead atoms. The number of halogens is 1. The average Bonchev–Trinajstić information content (AvgIpc) is 2.70. The summed E-state index contributed by atoms with van der Waals surface area (Å²) in [5.74, 6) is -0.566. The lowest BCUT2D eigenvalue weighted by molar-refractivity contribution is -0.922. The first-order valence-corrected chi connectivity index (χ1v) is 9.01. The molecule has 1 heterocycles. The number of benzene rings is 2. The van der Waals surface area contributed by atoms with Crippen molar-refractivity contribution in [2.24, 2.45) is 0 Å². The Balaban J connectivity index is 1.73. The Bertz CT molecular complexity index is 774. The third kappa shape index (κ3) is 4.62. The zero-order chi connectivity index (χ0) is 19.2. The predicted octanol–water partition coefficient (Wildman–Crippen LogP) is 0.727. The maximum atomic E-state index is 13.1. The van der Waals surface area contributed by atoms with Gasteiger partial charge in [-0.15, -0.1) is 0 Å². The minimum absolute atomic E-state index is 0.252. The van der Waals surface area contributed by atoms with E-state index in [0.717, 1.165) is 42.3 Å². The first kappa shape index (κ1) is 18.8. The zero-order valence-electron chi connectivity index (χ0n) is 15.2. The van der Waals surface area contributed by atoms with E-state index in [4.69, 9.17) is 0 Å². The molecule has 2 aromatic carbocycles. The van der Waals surface area contributed by atoms with E-state index in [-0.39, 0.29) is 11.7 Å². The summed E-state index contributed by atoms with van der Waals surface area (Å²) in [5, 5.41) is 4.83. The van der Waals surface area contributed by atoms with Gasteiger partial charge < -0.3 is 15.1 Å². The highest BCUT2D eigenvalue weighted by molar-refractivity contribution is 5.96. The molecule has 0 radical (unpaired) electrons. The van der Waals surface area contributed by atoms with Crippen molar-refractivity contribution in [3.05, 3.63) is 66.0 Å². The van der Waals surface area contributed by atoms with Crippen LogP contribution in [0.4, 0.5) is 14.9 Å². The van der Waals surface area contributed by atoms with Crippen molar-refractivity contribution in [2.45, 2.75) is 6.04 Å². The number of rotatable bonds is 4. The summed E-state index contributed by atoms with van der Waals surface area (Å²) in [7, 11) is 1.48. The van der Waals surface area contributed by atoms with Crippen LogP contribution in [0.5, 0.6) is 0 Å². The van der Waals surface area contributed by atoms with Crippen LogP contribution < -0.4 is 20.4 Å². The van der Waals surface area contributed by atoms with E-state index in [1.165, 1.54) is 19.2 Å². The van der Waals surface area contributed by atoms with Gasteiger partial charge in [0.2, 0.25) is 0 Å². The van der Waals surface area contributed by atoms with Crippen molar-refractivity contribution in [3.8, 4) is 0 Å². The molecule has 142 valence electrons. The van der Waals surface area contributed by atoms with Crippen LogP contribution in [-0.2, 0) is 4.79 Å². The molecule has 3 rings (SSSR count). The summed E-state index contributed by atoms with van der Waals surface area (Å²) in [6, 6.07) is 15.0. The van der Waals surface area contributed by atoms with E-state index in [1.54, 1.807) is 12.1 Å². The van der Waals surface area contributed by atoms with E-state index in [1.807, 2.05) is 30.3 Å². The average molecular weight is 371 g/mol. The molecule has 6 nitrogen and oxygen atoms in total. The van der Waals surface area contributed by atoms with E-state index in [9.17, 15) is 14.0 Å². The molecule has 2 aromatic rings. The number of hydrogen-bond donors (Lipinski definition) is 3. The number of quaternary nitrogens is 1. The lowest BCUT2D eigenvalue weighted by atomic mass is 10.0. The van der Waals surface area contributed by atoms with E-state index < -0.39 is 12.1 Å². The van der Waals surface area contributed by atoms with Crippen molar-refractivity contribution in [2.75, 3.05) is 38.1 Å². The molecular weight excluding hydrogens is 347 g/mol. The van der Waals surface area contributed by atoms with Gasteiger partial charge in [-0.05, 0) is 24.3 Å². The van der Waals surface area contributed by atoms with Gasteiger partial charge in [0.1, 0.15) is 5.82 Å². The number of carbonyl (C=O) groups is 2. The Morgan fingerprint density at radius 3 is 2.26 bits per heavy atom. The second kappa shape index (κ2) is 8.64. The lowest BCUT2D eigenvalue weighted by Gasteiger charge is -2.37. The van der Waals surface area contributed by atoms with Crippen molar-refractivity contribution >= 4 is 17.6 Å². The minimum atomic E-state index is -0.509. The third-order valence-corrected chi connectivity index (χ3v) is 4.86. The quantitative estimate of drug-likeness (QED) is 0.742. The molecule has 1 fully saturated rings. The number of urea groups is 1.